The number of guanidine groups is 2. The van der Waals surface area contributed by atoms with Gasteiger partial charge in [0.1, 0.15) is 66.5 Å². The smallest absolute Gasteiger partial charge is 0.326 e. The molecule has 95 heavy (non-hydrogen) atoms. The van der Waals surface area contributed by atoms with Crippen molar-refractivity contribution in [1.29, 1.82) is 0 Å². The van der Waals surface area contributed by atoms with E-state index in [9.17, 15) is 67.7 Å². The summed E-state index contributed by atoms with van der Waals surface area (Å²) in [7, 11) is 0. The predicted molar refractivity (Wildman–Crippen MR) is 354 cm³/mol. The molecule has 2 aliphatic rings. The average Bonchev–Trinajstić information content (AvgIpc) is 2.09. The summed E-state index contributed by atoms with van der Waals surface area (Å²) < 4.78 is 0. The van der Waals surface area contributed by atoms with Gasteiger partial charge in [-0.3, -0.25) is 62.7 Å². The molecule has 14 atom stereocenters. The summed E-state index contributed by atoms with van der Waals surface area (Å²) in [5.74, 6) is -11.8. The zero-order chi connectivity index (χ0) is 71.4. The quantitative estimate of drug-likeness (QED) is 0.0128. The van der Waals surface area contributed by atoms with E-state index in [1.165, 1.54) is 29.2 Å². The number of carboxylic acids is 1. The Kier molecular flexibility index (Phi) is 34.2. The Bertz CT molecular complexity index is 2820. The highest BCUT2D eigenvalue weighted by Gasteiger charge is 2.44. The number of thiol groups is 1. The fourth-order valence-electron chi connectivity index (χ4n) is 10.7. The number of carboxylic acid groups (broad SMARTS) is 1. The number of H-pyrrole nitrogens is 1. The summed E-state index contributed by atoms with van der Waals surface area (Å²) >= 11 is 4.24. The van der Waals surface area contributed by atoms with E-state index in [4.69, 9.17) is 28.7 Å². The van der Waals surface area contributed by atoms with Crippen molar-refractivity contribution in [1.82, 2.24) is 67.6 Å². The van der Waals surface area contributed by atoms with Crippen LogP contribution in [0.1, 0.15) is 139 Å². The first kappa shape index (κ1) is 80.9. The zero-order valence-corrected chi connectivity index (χ0v) is 56.9. The second-order valence-electron chi connectivity index (χ2n) is 25.0. The SMILES string of the molecule is CC[C@H](C)[C@H](NC(=O)[C@@H]1CCCN1C(=O)[C@H](CC(C)C)NC(=O)[C@@H]1CCCN1C(=O)[C@@H](NC(=O)[C@H](C)NC(=O)[C@H](CO)NC(=O)[C@H](CCCN=C(N)N)NC(=O)[C@@H](NC(=O)[C@@H](N)CCCN=C(N)N)C(C)C)[C@@H](C)CC)C(=O)N[C@@H](CS)C(=O)N[C@@H](Cc1cnc[nH]1)C(=O)O. The minimum atomic E-state index is -1.67. The van der Waals surface area contributed by atoms with Crippen molar-refractivity contribution in [3.8, 4) is 0 Å². The van der Waals surface area contributed by atoms with Crippen LogP contribution in [0.4, 0.5) is 0 Å². The van der Waals surface area contributed by atoms with E-state index in [1.54, 1.807) is 41.5 Å². The van der Waals surface area contributed by atoms with Gasteiger partial charge < -0.3 is 102 Å². The second-order valence-corrected chi connectivity index (χ2v) is 25.4. The van der Waals surface area contributed by atoms with Crippen LogP contribution in [-0.4, -0.2) is 224 Å². The van der Waals surface area contributed by atoms with Crippen LogP contribution in [0.15, 0.2) is 22.5 Å². The standard InChI is InChI=1S/C60H104N20O14S/c1-10-32(7)45(55(90)75-41(28-95)51(86)73-39(58(93)94)25-35-26-66-29-69-35)77-53(88)43-19-14-22-79(43)56(91)38(24-30(3)4)72-52(87)42-18-15-23-80(42)57(92)46(33(8)11-2)78-47(82)34(9)70-50(85)40(27-81)74-49(84)37(17-13-21-68-60(64)65)71-54(89)44(31(5)6)76-48(83)36(61)16-12-20-67-59(62)63/h26,29-34,36-46,81,95H,10-25,27-28,61H2,1-9H3,(H,66,69)(H,70,85)(H,71,89)(H,72,87)(H,73,86)(H,74,84)(H,75,90)(H,76,83)(H,77,88)(H,78,82)(H,93,94)(H4,62,63,67)(H4,64,65,68)/t32-,33-,34-,36-,37-,38-,39-,40-,41-,42-,43-,44-,45-,46-/m0/s1. The lowest BCUT2D eigenvalue weighted by Crippen LogP contribution is -2.61. The Morgan fingerprint density at radius 2 is 1.09 bits per heavy atom. The fraction of sp³-hybridized carbons (Fsp3) is 0.717. The van der Waals surface area contributed by atoms with Crippen molar-refractivity contribution < 1.29 is 67.7 Å². The molecule has 3 rings (SSSR count). The van der Waals surface area contributed by atoms with E-state index in [-0.39, 0.29) is 94.7 Å². The van der Waals surface area contributed by atoms with Gasteiger partial charge in [0.2, 0.25) is 65.0 Å². The molecule has 0 radical (unpaired) electrons. The van der Waals surface area contributed by atoms with Crippen LogP contribution < -0.4 is 76.5 Å². The lowest BCUT2D eigenvalue weighted by Gasteiger charge is -2.34. The summed E-state index contributed by atoms with van der Waals surface area (Å²) in [4.78, 5) is 183. The molecule has 0 aromatic carbocycles. The number of nitrogens with two attached hydrogens (primary N) is 5. The van der Waals surface area contributed by atoms with Crippen molar-refractivity contribution in [2.75, 3.05) is 38.5 Å². The number of carbonyl (C=O) groups excluding carboxylic acids is 11. The first-order chi connectivity index (χ1) is 44.8. The third-order valence-corrected chi connectivity index (χ3v) is 17.0. The number of likely N-dealkylation sites (tertiary alicyclic amines) is 2. The van der Waals surface area contributed by atoms with Gasteiger partial charge in [0, 0.05) is 50.2 Å². The van der Waals surface area contributed by atoms with Crippen LogP contribution in [0.2, 0.25) is 0 Å². The molecular formula is C60H104N20O14S. The number of aliphatic imine (C=N–C) groups is 2. The maximum absolute atomic E-state index is 14.7. The number of hydrogen-bond acceptors (Lipinski definition) is 18. The fourth-order valence-corrected chi connectivity index (χ4v) is 11.0. The van der Waals surface area contributed by atoms with E-state index in [0.29, 0.717) is 37.8 Å². The number of carbonyl (C=O) groups is 12. The van der Waals surface area contributed by atoms with Crippen LogP contribution in [0, 0.1) is 23.7 Å². The Labute approximate surface area is 559 Å². The molecule has 0 spiro atoms. The number of aliphatic hydroxyl groups is 1. The Balaban J connectivity index is 1.75. The molecule has 2 saturated heterocycles. The zero-order valence-electron chi connectivity index (χ0n) is 56.0. The molecule has 34 nitrogen and oxygen atoms in total. The maximum Gasteiger partial charge on any atom is 0.326 e. The van der Waals surface area contributed by atoms with Crippen molar-refractivity contribution in [3.05, 3.63) is 18.2 Å². The van der Waals surface area contributed by atoms with Gasteiger partial charge in [0.05, 0.1) is 19.0 Å². The molecule has 0 aliphatic carbocycles. The summed E-state index contributed by atoms with van der Waals surface area (Å²) in [6.45, 7) is 14.9. The molecule has 22 N–H and O–H groups in total. The number of imidazole rings is 1. The summed E-state index contributed by atoms with van der Waals surface area (Å²) in [5.41, 5.74) is 28.2. The van der Waals surface area contributed by atoms with Gasteiger partial charge in [-0.25, -0.2) is 9.78 Å². The normalized spacial score (nSPS) is 18.3. The Morgan fingerprint density at radius 1 is 0.600 bits per heavy atom. The van der Waals surface area contributed by atoms with E-state index in [2.05, 4.69) is 80.4 Å². The molecule has 1 aromatic rings. The molecule has 0 saturated carbocycles. The van der Waals surface area contributed by atoms with Crippen LogP contribution >= 0.6 is 12.6 Å². The minimum Gasteiger partial charge on any atom is -0.480 e. The van der Waals surface area contributed by atoms with E-state index in [0.717, 1.165) is 0 Å². The molecule has 11 amide bonds. The lowest BCUT2D eigenvalue weighted by molar-refractivity contribution is -0.145. The number of hydrogen-bond donors (Lipinski definition) is 18. The molecular weight excluding hydrogens is 1260 g/mol. The average molecular weight is 1360 g/mol. The van der Waals surface area contributed by atoms with Crippen molar-refractivity contribution in [2.45, 2.75) is 212 Å². The highest BCUT2D eigenvalue weighted by Crippen LogP contribution is 2.25. The summed E-state index contributed by atoms with van der Waals surface area (Å²) in [5, 5.41) is 43.7. The molecule has 3 heterocycles. The lowest BCUT2D eigenvalue weighted by atomic mass is 9.96. The van der Waals surface area contributed by atoms with Crippen LogP contribution in [-0.2, 0) is 64.0 Å². The largest absolute Gasteiger partial charge is 0.480 e. The van der Waals surface area contributed by atoms with Gasteiger partial charge in [-0.05, 0) is 88.4 Å². The number of amides is 11. The topological polar surface area (TPSA) is 544 Å². The number of nitrogens with one attached hydrogen (secondary N) is 10. The summed E-state index contributed by atoms with van der Waals surface area (Å²) in [6, 6.07) is -15.1. The Morgan fingerprint density at radius 3 is 1.61 bits per heavy atom. The number of aliphatic carboxylic acids is 1. The first-order valence-corrected chi connectivity index (χ1v) is 33.1. The highest BCUT2D eigenvalue weighted by molar-refractivity contribution is 7.80. The number of aromatic amines is 1. The first-order valence-electron chi connectivity index (χ1n) is 32.4. The van der Waals surface area contributed by atoms with Crippen LogP contribution in [0.5, 0.6) is 0 Å². The van der Waals surface area contributed by atoms with Gasteiger partial charge in [0.15, 0.2) is 11.9 Å². The van der Waals surface area contributed by atoms with Crippen LogP contribution in [0.3, 0.4) is 0 Å². The molecule has 35 heteroatoms. The number of aromatic nitrogens is 2. The molecule has 2 fully saturated rings. The van der Waals surface area contributed by atoms with Gasteiger partial charge in [-0.1, -0.05) is 68.2 Å². The van der Waals surface area contributed by atoms with E-state index in [1.807, 2.05) is 13.8 Å². The van der Waals surface area contributed by atoms with Gasteiger partial charge in [-0.2, -0.15) is 12.6 Å². The molecule has 0 bridgehead atoms. The van der Waals surface area contributed by atoms with E-state index < -0.39 is 168 Å². The predicted octanol–water partition coefficient (Wildman–Crippen LogP) is -4.45. The third-order valence-electron chi connectivity index (χ3n) is 16.7. The molecule has 1 aromatic heterocycles. The maximum atomic E-state index is 14.7. The molecule has 2 aliphatic heterocycles. The monoisotopic (exact) mass is 1360 g/mol. The third kappa shape index (κ3) is 25.7. The van der Waals surface area contributed by atoms with Gasteiger partial charge >= 0.3 is 5.97 Å². The highest BCUT2D eigenvalue weighted by atomic mass is 32.1. The van der Waals surface area contributed by atoms with Crippen molar-refractivity contribution in [3.63, 3.8) is 0 Å². The number of aliphatic hydroxyl groups excluding tert-OH is 1. The second kappa shape index (κ2) is 40.1. The van der Waals surface area contributed by atoms with Gasteiger partial charge in [0.25, 0.3) is 0 Å². The van der Waals surface area contributed by atoms with Crippen molar-refractivity contribution >= 4 is 95.5 Å². The number of rotatable bonds is 40. The minimum absolute atomic E-state index is 0.0427. The summed E-state index contributed by atoms with van der Waals surface area (Å²) in [6.07, 6.45) is 5.40. The molecule has 534 valence electrons. The van der Waals surface area contributed by atoms with Gasteiger partial charge in [-0.15, -0.1) is 0 Å². The number of nitrogens with zero attached hydrogens (tertiary/aromatic N) is 5. The Hall–Kier alpha value is -8.34. The van der Waals surface area contributed by atoms with Crippen LogP contribution in [0.25, 0.3) is 0 Å². The van der Waals surface area contributed by atoms with Crippen molar-refractivity contribution in [2.24, 2.45) is 62.3 Å². The molecule has 0 unspecified atom stereocenters. The van der Waals surface area contributed by atoms with E-state index >= 15 is 0 Å².